The molecule has 0 saturated heterocycles. The van der Waals surface area contributed by atoms with Gasteiger partial charge in [0, 0.05) is 6.42 Å². The van der Waals surface area contributed by atoms with Gasteiger partial charge in [0.1, 0.15) is 0 Å². The summed E-state index contributed by atoms with van der Waals surface area (Å²) in [4.78, 5) is 0. The second-order valence-electron chi connectivity index (χ2n) is 3.06. The van der Waals surface area contributed by atoms with E-state index in [1.807, 2.05) is 13.6 Å². The van der Waals surface area contributed by atoms with Crippen molar-refractivity contribution < 1.29 is 13.2 Å². The standard InChI is InChI=1S/C6H13BF3N/c1-7(2)5(11)3-4-6(8,9)10/h5H,3-4,11H2,1-2H3. The van der Waals surface area contributed by atoms with E-state index in [4.69, 9.17) is 5.73 Å². The molecule has 1 unspecified atom stereocenters. The highest BCUT2D eigenvalue weighted by molar-refractivity contribution is 6.57. The van der Waals surface area contributed by atoms with Crippen LogP contribution in [-0.4, -0.2) is 18.8 Å². The van der Waals surface area contributed by atoms with Gasteiger partial charge in [-0.15, -0.1) is 0 Å². The molecule has 0 spiro atoms. The molecule has 0 fully saturated rings. The molecular formula is C6H13BF3N. The summed E-state index contributed by atoms with van der Waals surface area (Å²) in [5.74, 6) is -0.336. The third-order valence-corrected chi connectivity index (χ3v) is 1.62. The van der Waals surface area contributed by atoms with Crippen LogP contribution in [0.5, 0.6) is 0 Å². The van der Waals surface area contributed by atoms with Gasteiger partial charge in [-0.25, -0.2) is 0 Å². The zero-order valence-electron chi connectivity index (χ0n) is 6.78. The van der Waals surface area contributed by atoms with Crippen LogP contribution < -0.4 is 5.73 Å². The molecule has 0 saturated carbocycles. The first-order chi connectivity index (χ1) is 4.83. The molecule has 0 aliphatic rings. The summed E-state index contributed by atoms with van der Waals surface area (Å²) in [6.45, 7) is 3.76. The van der Waals surface area contributed by atoms with E-state index in [0.29, 0.717) is 0 Å². The fourth-order valence-electron chi connectivity index (χ4n) is 0.664. The summed E-state index contributed by atoms with van der Waals surface area (Å²) < 4.78 is 34.9. The molecule has 66 valence electrons. The molecule has 0 rings (SSSR count). The number of hydrogen-bond donors (Lipinski definition) is 1. The first-order valence-electron chi connectivity index (χ1n) is 3.65. The molecule has 2 N–H and O–H groups in total. The molecule has 11 heavy (non-hydrogen) atoms. The van der Waals surface area contributed by atoms with Crippen molar-refractivity contribution in [3.8, 4) is 0 Å². The van der Waals surface area contributed by atoms with Crippen LogP contribution in [0.3, 0.4) is 0 Å². The van der Waals surface area contributed by atoms with Crippen molar-refractivity contribution in [2.75, 3.05) is 0 Å². The lowest BCUT2D eigenvalue weighted by molar-refractivity contribution is -0.135. The summed E-state index contributed by atoms with van der Waals surface area (Å²) in [5, 5.41) is 0. The highest BCUT2D eigenvalue weighted by atomic mass is 19.4. The van der Waals surface area contributed by atoms with Crippen molar-refractivity contribution in [1.29, 1.82) is 0 Å². The molecule has 0 aromatic heterocycles. The van der Waals surface area contributed by atoms with Crippen LogP contribution in [0.1, 0.15) is 12.8 Å². The van der Waals surface area contributed by atoms with Gasteiger partial charge in [0.15, 0.2) is 6.71 Å². The Morgan fingerprint density at radius 2 is 1.82 bits per heavy atom. The maximum atomic E-state index is 11.6. The Bertz CT molecular complexity index is 113. The summed E-state index contributed by atoms with van der Waals surface area (Å²) in [6, 6.07) is 0. The van der Waals surface area contributed by atoms with Crippen LogP contribution in [0.25, 0.3) is 0 Å². The SMILES string of the molecule is CB(C)C(N)CCC(F)(F)F. The Morgan fingerprint density at radius 3 is 2.09 bits per heavy atom. The number of nitrogens with two attached hydrogens (primary N) is 1. The van der Waals surface area contributed by atoms with Crippen molar-refractivity contribution in [1.82, 2.24) is 0 Å². The van der Waals surface area contributed by atoms with E-state index in [9.17, 15) is 13.2 Å². The van der Waals surface area contributed by atoms with Gasteiger partial charge in [-0.1, -0.05) is 13.6 Å². The number of alkyl halides is 3. The highest BCUT2D eigenvalue weighted by Crippen LogP contribution is 2.22. The largest absolute Gasteiger partial charge is 0.389 e. The smallest absolute Gasteiger partial charge is 0.335 e. The van der Waals surface area contributed by atoms with Gasteiger partial charge in [-0.05, 0) is 12.4 Å². The van der Waals surface area contributed by atoms with Crippen LogP contribution >= 0.6 is 0 Å². The quantitative estimate of drug-likeness (QED) is 0.638. The number of halogens is 3. The maximum Gasteiger partial charge on any atom is 0.389 e. The van der Waals surface area contributed by atoms with E-state index in [0.717, 1.165) is 0 Å². The van der Waals surface area contributed by atoms with E-state index in [2.05, 4.69) is 0 Å². The van der Waals surface area contributed by atoms with Gasteiger partial charge in [-0.3, -0.25) is 0 Å². The van der Waals surface area contributed by atoms with Crippen molar-refractivity contribution in [2.24, 2.45) is 5.73 Å². The van der Waals surface area contributed by atoms with Crippen molar-refractivity contribution in [2.45, 2.75) is 38.6 Å². The molecule has 0 radical (unpaired) electrons. The molecule has 0 aromatic rings. The van der Waals surface area contributed by atoms with E-state index >= 15 is 0 Å². The topological polar surface area (TPSA) is 26.0 Å². The van der Waals surface area contributed by atoms with Crippen LogP contribution in [0.15, 0.2) is 0 Å². The Balaban J connectivity index is 3.54. The molecule has 0 aromatic carbocycles. The van der Waals surface area contributed by atoms with Gasteiger partial charge >= 0.3 is 6.18 Å². The van der Waals surface area contributed by atoms with E-state index in [1.165, 1.54) is 0 Å². The fourth-order valence-corrected chi connectivity index (χ4v) is 0.664. The minimum Gasteiger partial charge on any atom is -0.335 e. The van der Waals surface area contributed by atoms with Crippen LogP contribution in [-0.2, 0) is 0 Å². The molecule has 0 bridgehead atoms. The minimum atomic E-state index is -4.06. The Kier molecular flexibility index (Phi) is 3.93. The first kappa shape index (κ1) is 10.8. The predicted octanol–water partition coefficient (Wildman–Crippen LogP) is 1.95. The third kappa shape index (κ3) is 6.22. The van der Waals surface area contributed by atoms with E-state index in [1.54, 1.807) is 0 Å². The van der Waals surface area contributed by atoms with Crippen molar-refractivity contribution in [3.05, 3.63) is 0 Å². The lowest BCUT2D eigenvalue weighted by Gasteiger charge is -2.13. The van der Waals surface area contributed by atoms with Crippen molar-refractivity contribution >= 4 is 6.71 Å². The average molecular weight is 167 g/mol. The van der Waals surface area contributed by atoms with Gasteiger partial charge < -0.3 is 5.73 Å². The van der Waals surface area contributed by atoms with Crippen LogP contribution in [0, 0.1) is 0 Å². The summed E-state index contributed by atoms with van der Waals surface area (Å²) in [7, 11) is 0. The zero-order valence-corrected chi connectivity index (χ0v) is 6.78. The maximum absolute atomic E-state index is 11.6. The number of hydrogen-bond acceptors (Lipinski definition) is 1. The summed E-state index contributed by atoms with van der Waals surface area (Å²) in [5.41, 5.74) is 5.42. The molecule has 1 nitrogen and oxygen atoms in total. The normalized spacial score (nSPS) is 14.7. The average Bonchev–Trinajstić information content (AvgIpc) is 1.80. The second-order valence-corrected chi connectivity index (χ2v) is 3.06. The van der Waals surface area contributed by atoms with Gasteiger partial charge in [0.25, 0.3) is 0 Å². The second kappa shape index (κ2) is 4.00. The lowest BCUT2D eigenvalue weighted by Crippen LogP contribution is -2.34. The highest BCUT2D eigenvalue weighted by Gasteiger charge is 2.28. The molecule has 0 aliphatic carbocycles. The number of rotatable bonds is 3. The minimum absolute atomic E-state index is 0.0289. The van der Waals surface area contributed by atoms with E-state index < -0.39 is 12.6 Å². The Hall–Kier alpha value is -0.185. The van der Waals surface area contributed by atoms with Gasteiger partial charge in [0.2, 0.25) is 0 Å². The van der Waals surface area contributed by atoms with Crippen LogP contribution in [0.2, 0.25) is 13.6 Å². The fraction of sp³-hybridized carbons (Fsp3) is 1.00. The third-order valence-electron chi connectivity index (χ3n) is 1.62. The summed E-state index contributed by atoms with van der Waals surface area (Å²) >= 11 is 0. The monoisotopic (exact) mass is 167 g/mol. The molecular weight excluding hydrogens is 154 g/mol. The van der Waals surface area contributed by atoms with Gasteiger partial charge in [0.05, 0.1) is 0 Å². The Labute approximate surface area is 65.2 Å². The molecule has 0 amide bonds. The van der Waals surface area contributed by atoms with E-state index in [-0.39, 0.29) is 19.1 Å². The molecule has 5 heteroatoms. The molecule has 0 heterocycles. The van der Waals surface area contributed by atoms with Crippen molar-refractivity contribution in [3.63, 3.8) is 0 Å². The predicted molar refractivity (Wildman–Crippen MR) is 40.7 cm³/mol. The van der Waals surface area contributed by atoms with Gasteiger partial charge in [-0.2, -0.15) is 13.2 Å². The summed E-state index contributed by atoms with van der Waals surface area (Å²) in [6.07, 6.45) is -4.81. The molecule has 1 atom stereocenters. The zero-order chi connectivity index (χ0) is 9.07. The first-order valence-corrected chi connectivity index (χ1v) is 3.65. The molecule has 0 aliphatic heterocycles. The van der Waals surface area contributed by atoms with Crippen LogP contribution in [0.4, 0.5) is 13.2 Å². The Morgan fingerprint density at radius 1 is 1.36 bits per heavy atom. The lowest BCUT2D eigenvalue weighted by atomic mass is 9.48.